The number of nitrogens with one attached hydrogen (secondary N) is 1. The molecule has 1 fully saturated rings. The first-order valence-corrected chi connectivity index (χ1v) is 12.7. The molecule has 1 amide bonds. The summed E-state index contributed by atoms with van der Waals surface area (Å²) in [5.74, 6) is 0.109. The molecule has 35 heavy (non-hydrogen) atoms. The van der Waals surface area contributed by atoms with E-state index >= 15 is 0 Å². The Labute approximate surface area is 207 Å². The summed E-state index contributed by atoms with van der Waals surface area (Å²) in [6.07, 6.45) is 5.65. The quantitative estimate of drug-likeness (QED) is 0.484. The minimum absolute atomic E-state index is 0.141. The SMILES string of the molecule is CC[C@@]12C[C@@H](O)[C@](O)(c3ccccc3)C[C@@H]1CCCc1cc(C(=O)Nc3cccnc3C)ccc12. The summed E-state index contributed by atoms with van der Waals surface area (Å²) in [5, 5.41) is 26.0. The largest absolute Gasteiger partial charge is 0.390 e. The number of aliphatic hydroxyl groups excluding tert-OH is 1. The van der Waals surface area contributed by atoms with Crippen LogP contribution in [0.2, 0.25) is 0 Å². The molecule has 3 aromatic rings. The van der Waals surface area contributed by atoms with E-state index < -0.39 is 11.7 Å². The lowest BCUT2D eigenvalue weighted by Gasteiger charge is -2.52. The van der Waals surface area contributed by atoms with Crippen molar-refractivity contribution in [3.05, 3.63) is 94.8 Å². The molecule has 0 aliphatic heterocycles. The monoisotopic (exact) mass is 470 g/mol. The van der Waals surface area contributed by atoms with Crippen LogP contribution < -0.4 is 5.32 Å². The molecule has 3 N–H and O–H groups in total. The molecular formula is C30H34N2O3. The third-order valence-corrected chi connectivity index (χ3v) is 8.51. The van der Waals surface area contributed by atoms with Crippen molar-refractivity contribution in [3.8, 4) is 0 Å². The second-order valence-electron chi connectivity index (χ2n) is 10.3. The van der Waals surface area contributed by atoms with Gasteiger partial charge in [0.05, 0.1) is 17.5 Å². The number of hydrogen-bond donors (Lipinski definition) is 3. The molecule has 5 nitrogen and oxygen atoms in total. The molecule has 2 aliphatic carbocycles. The molecule has 5 rings (SSSR count). The standard InChI is InChI=1S/C30H34N2O3/c1-3-29-19-27(33)30(35,23-10-5-4-6-11-23)18-24(29)12-7-9-21-17-22(14-15-25(21)29)28(34)32-26-13-8-16-31-20(26)2/h4-6,8,10-11,13-17,24,27,33,35H,3,7,9,12,18-19H2,1-2H3,(H,32,34)/t24-,27+,29+,30+/m0/s1. The smallest absolute Gasteiger partial charge is 0.255 e. The molecule has 0 spiro atoms. The highest BCUT2D eigenvalue weighted by molar-refractivity contribution is 6.04. The van der Waals surface area contributed by atoms with Crippen LogP contribution in [0, 0.1) is 12.8 Å². The Morgan fingerprint density at radius 3 is 2.66 bits per heavy atom. The predicted molar refractivity (Wildman–Crippen MR) is 137 cm³/mol. The Balaban J connectivity index is 1.48. The van der Waals surface area contributed by atoms with E-state index in [2.05, 4.69) is 23.3 Å². The van der Waals surface area contributed by atoms with Gasteiger partial charge in [-0.3, -0.25) is 9.78 Å². The number of carbonyl (C=O) groups excluding carboxylic acids is 1. The minimum atomic E-state index is -1.24. The highest BCUT2D eigenvalue weighted by Crippen LogP contribution is 2.56. The zero-order valence-electron chi connectivity index (χ0n) is 20.5. The van der Waals surface area contributed by atoms with Gasteiger partial charge in [0.2, 0.25) is 0 Å². The molecule has 1 saturated carbocycles. The Bertz CT molecular complexity index is 1230. The van der Waals surface area contributed by atoms with Gasteiger partial charge in [-0.15, -0.1) is 0 Å². The lowest BCUT2D eigenvalue weighted by atomic mass is 9.55. The summed E-state index contributed by atoms with van der Waals surface area (Å²) in [6, 6.07) is 19.3. The van der Waals surface area contributed by atoms with E-state index in [1.165, 1.54) is 11.1 Å². The van der Waals surface area contributed by atoms with Crippen molar-refractivity contribution < 1.29 is 15.0 Å². The summed E-state index contributed by atoms with van der Waals surface area (Å²) < 4.78 is 0. The van der Waals surface area contributed by atoms with Crippen molar-refractivity contribution in [2.75, 3.05) is 5.32 Å². The fourth-order valence-electron chi connectivity index (χ4n) is 6.53. The van der Waals surface area contributed by atoms with Crippen LogP contribution in [0.25, 0.3) is 0 Å². The number of aliphatic hydroxyl groups is 2. The van der Waals surface area contributed by atoms with Crippen molar-refractivity contribution in [2.45, 2.75) is 69.5 Å². The normalized spacial score (nSPS) is 27.9. The van der Waals surface area contributed by atoms with E-state index in [4.69, 9.17) is 0 Å². The maximum Gasteiger partial charge on any atom is 0.255 e. The molecule has 2 aromatic carbocycles. The van der Waals surface area contributed by atoms with Crippen LogP contribution in [0.1, 0.15) is 71.8 Å². The number of anilines is 1. The van der Waals surface area contributed by atoms with Crippen LogP contribution in [0.4, 0.5) is 5.69 Å². The molecule has 5 heteroatoms. The highest BCUT2D eigenvalue weighted by atomic mass is 16.3. The van der Waals surface area contributed by atoms with Crippen LogP contribution in [-0.4, -0.2) is 27.2 Å². The van der Waals surface area contributed by atoms with Gasteiger partial charge in [0.25, 0.3) is 5.91 Å². The topological polar surface area (TPSA) is 82.5 Å². The number of benzene rings is 2. The molecule has 2 aliphatic rings. The number of aryl methyl sites for hydroxylation is 2. The van der Waals surface area contributed by atoms with Gasteiger partial charge in [-0.25, -0.2) is 0 Å². The molecule has 0 radical (unpaired) electrons. The molecule has 0 bridgehead atoms. The Morgan fingerprint density at radius 1 is 1.11 bits per heavy atom. The second-order valence-corrected chi connectivity index (χ2v) is 10.3. The number of carbonyl (C=O) groups is 1. The van der Waals surface area contributed by atoms with Gasteiger partial charge in [0, 0.05) is 17.2 Å². The molecule has 1 heterocycles. The summed E-state index contributed by atoms with van der Waals surface area (Å²) >= 11 is 0. The zero-order chi connectivity index (χ0) is 24.6. The van der Waals surface area contributed by atoms with Gasteiger partial charge in [-0.05, 0) is 92.3 Å². The van der Waals surface area contributed by atoms with E-state index in [0.29, 0.717) is 24.1 Å². The summed E-state index contributed by atoms with van der Waals surface area (Å²) in [5.41, 5.74) is 3.87. The number of nitrogens with zero attached hydrogens (tertiary/aromatic N) is 1. The van der Waals surface area contributed by atoms with E-state index in [9.17, 15) is 15.0 Å². The van der Waals surface area contributed by atoms with Gasteiger partial charge >= 0.3 is 0 Å². The van der Waals surface area contributed by atoms with E-state index in [0.717, 1.165) is 36.9 Å². The van der Waals surface area contributed by atoms with Crippen LogP contribution in [0.15, 0.2) is 66.9 Å². The lowest BCUT2D eigenvalue weighted by molar-refractivity contribution is -0.144. The lowest BCUT2D eigenvalue weighted by Crippen LogP contribution is -2.54. The van der Waals surface area contributed by atoms with E-state index in [1.807, 2.05) is 61.5 Å². The van der Waals surface area contributed by atoms with Crippen LogP contribution in [0.5, 0.6) is 0 Å². The van der Waals surface area contributed by atoms with Crippen molar-refractivity contribution in [3.63, 3.8) is 0 Å². The third-order valence-electron chi connectivity index (χ3n) is 8.51. The summed E-state index contributed by atoms with van der Waals surface area (Å²) in [6.45, 7) is 4.07. The Hall–Kier alpha value is -3.02. The molecular weight excluding hydrogens is 436 g/mol. The first-order valence-electron chi connectivity index (χ1n) is 12.7. The molecule has 0 unspecified atom stereocenters. The minimum Gasteiger partial charge on any atom is -0.390 e. The fourth-order valence-corrected chi connectivity index (χ4v) is 6.53. The van der Waals surface area contributed by atoms with Gasteiger partial charge in [0.1, 0.15) is 5.60 Å². The number of hydrogen-bond acceptors (Lipinski definition) is 4. The predicted octanol–water partition coefficient (Wildman–Crippen LogP) is 5.29. The third kappa shape index (κ3) is 4.07. The zero-order valence-corrected chi connectivity index (χ0v) is 20.5. The highest BCUT2D eigenvalue weighted by Gasteiger charge is 2.54. The molecule has 4 atom stereocenters. The summed E-state index contributed by atoms with van der Waals surface area (Å²) in [4.78, 5) is 17.3. The second kappa shape index (κ2) is 9.21. The average molecular weight is 471 g/mol. The molecule has 1 aromatic heterocycles. The van der Waals surface area contributed by atoms with Crippen molar-refractivity contribution in [1.29, 1.82) is 0 Å². The van der Waals surface area contributed by atoms with Gasteiger partial charge in [-0.2, -0.15) is 0 Å². The maximum atomic E-state index is 13.1. The number of aromatic nitrogens is 1. The van der Waals surface area contributed by atoms with Crippen LogP contribution in [-0.2, 0) is 17.4 Å². The van der Waals surface area contributed by atoms with E-state index in [1.54, 1.807) is 6.20 Å². The van der Waals surface area contributed by atoms with Crippen molar-refractivity contribution >= 4 is 11.6 Å². The fraction of sp³-hybridized carbons (Fsp3) is 0.400. The van der Waals surface area contributed by atoms with Gasteiger partial charge < -0.3 is 15.5 Å². The van der Waals surface area contributed by atoms with Crippen LogP contribution in [0.3, 0.4) is 0 Å². The van der Waals surface area contributed by atoms with E-state index in [-0.39, 0.29) is 17.2 Å². The Morgan fingerprint density at radius 2 is 1.91 bits per heavy atom. The number of fused-ring (bicyclic) bond motifs is 3. The number of amides is 1. The summed E-state index contributed by atoms with van der Waals surface area (Å²) in [7, 11) is 0. The molecule has 0 saturated heterocycles. The Kier molecular flexibility index (Phi) is 6.24. The maximum absolute atomic E-state index is 13.1. The van der Waals surface area contributed by atoms with Crippen LogP contribution >= 0.6 is 0 Å². The number of pyridine rings is 1. The first kappa shape index (κ1) is 23.7. The average Bonchev–Trinajstić information content (AvgIpc) is 3.02. The van der Waals surface area contributed by atoms with Gasteiger partial charge in [0.15, 0.2) is 0 Å². The van der Waals surface area contributed by atoms with Gasteiger partial charge in [-0.1, -0.05) is 43.3 Å². The number of rotatable bonds is 4. The van der Waals surface area contributed by atoms with Crippen molar-refractivity contribution in [2.24, 2.45) is 5.92 Å². The molecule has 182 valence electrons. The van der Waals surface area contributed by atoms with Crippen molar-refractivity contribution in [1.82, 2.24) is 4.98 Å². The first-order chi connectivity index (χ1) is 16.9.